The Hall–Kier alpha value is -1.24. The second-order valence-electron chi connectivity index (χ2n) is 3.95. The molecule has 0 unspecified atom stereocenters. The van der Waals surface area contributed by atoms with E-state index < -0.39 is 0 Å². The summed E-state index contributed by atoms with van der Waals surface area (Å²) in [6, 6.07) is 6.52. The summed E-state index contributed by atoms with van der Waals surface area (Å²) in [4.78, 5) is 0. The zero-order valence-corrected chi connectivity index (χ0v) is 9.04. The average Bonchev–Trinajstić information content (AvgIpc) is 2.29. The molecule has 0 fully saturated rings. The Balaban J connectivity index is 2.02. The highest BCUT2D eigenvalue weighted by molar-refractivity contribution is 5.40. The van der Waals surface area contributed by atoms with Gasteiger partial charge in [0.2, 0.25) is 0 Å². The zero-order valence-electron chi connectivity index (χ0n) is 9.04. The van der Waals surface area contributed by atoms with Crippen molar-refractivity contribution in [2.45, 2.75) is 32.1 Å². The summed E-state index contributed by atoms with van der Waals surface area (Å²) in [5, 5.41) is 0. The molecule has 1 aliphatic rings. The van der Waals surface area contributed by atoms with Crippen molar-refractivity contribution in [1.29, 1.82) is 0 Å². The van der Waals surface area contributed by atoms with E-state index >= 15 is 0 Å². The van der Waals surface area contributed by atoms with Gasteiger partial charge >= 0.3 is 0 Å². The molecule has 1 heterocycles. The number of ether oxygens (including phenoxy) is 1. The maximum Gasteiger partial charge on any atom is 0.130 e. The number of hydrogen-bond acceptors (Lipinski definition) is 1. The second-order valence-corrected chi connectivity index (χ2v) is 3.95. The van der Waals surface area contributed by atoms with Gasteiger partial charge in [-0.3, -0.25) is 0 Å². The molecule has 0 saturated carbocycles. The lowest BCUT2D eigenvalue weighted by Crippen LogP contribution is -1.97. The van der Waals surface area contributed by atoms with Crippen molar-refractivity contribution < 1.29 is 4.74 Å². The Kier molecular flexibility index (Phi) is 3.44. The van der Waals surface area contributed by atoms with E-state index in [9.17, 15) is 0 Å². The zero-order chi connectivity index (χ0) is 10.5. The van der Waals surface area contributed by atoms with Gasteiger partial charge in [0.25, 0.3) is 0 Å². The molecule has 1 aromatic carbocycles. The molecule has 79 valence electrons. The molecule has 0 aromatic heterocycles. The van der Waals surface area contributed by atoms with Crippen molar-refractivity contribution in [3.8, 4) is 5.75 Å². The summed E-state index contributed by atoms with van der Waals surface area (Å²) in [6.07, 6.45) is 9.47. The SMILES string of the molecule is [CH2]CCCCc1ccc2c(c1)CC=CO2. The Labute approximate surface area is 91.8 Å². The number of benzene rings is 1. The predicted molar refractivity (Wildman–Crippen MR) is 62.8 cm³/mol. The minimum Gasteiger partial charge on any atom is -0.465 e. The molecule has 1 radical (unpaired) electrons. The molecule has 0 atom stereocenters. The monoisotopic (exact) mass is 201 g/mol. The Morgan fingerprint density at radius 3 is 3.07 bits per heavy atom. The van der Waals surface area contributed by atoms with Gasteiger partial charge in [-0.2, -0.15) is 0 Å². The third-order valence-corrected chi connectivity index (χ3v) is 2.72. The van der Waals surface area contributed by atoms with Crippen LogP contribution in [0.2, 0.25) is 0 Å². The average molecular weight is 201 g/mol. The molecule has 1 nitrogen and oxygen atoms in total. The lowest BCUT2D eigenvalue weighted by molar-refractivity contribution is 0.464. The van der Waals surface area contributed by atoms with Gasteiger partial charge in [-0.1, -0.05) is 31.9 Å². The van der Waals surface area contributed by atoms with Gasteiger partial charge in [0.1, 0.15) is 5.75 Å². The molecule has 1 heteroatoms. The van der Waals surface area contributed by atoms with Crippen LogP contribution in [0.3, 0.4) is 0 Å². The molecule has 0 bridgehead atoms. The van der Waals surface area contributed by atoms with Crippen LogP contribution in [-0.4, -0.2) is 0 Å². The minimum atomic E-state index is 0.999. The van der Waals surface area contributed by atoms with E-state index in [0.717, 1.165) is 25.0 Å². The molecule has 0 spiro atoms. The van der Waals surface area contributed by atoms with Crippen molar-refractivity contribution in [2.75, 3.05) is 0 Å². The Bertz CT molecular complexity index is 352. The van der Waals surface area contributed by atoms with Crippen molar-refractivity contribution in [1.82, 2.24) is 0 Å². The molecule has 1 aromatic rings. The normalized spacial score (nSPS) is 13.4. The van der Waals surface area contributed by atoms with Crippen LogP contribution >= 0.6 is 0 Å². The van der Waals surface area contributed by atoms with Gasteiger partial charge in [0, 0.05) is 0 Å². The number of hydrogen-bond donors (Lipinski definition) is 0. The quantitative estimate of drug-likeness (QED) is 0.675. The van der Waals surface area contributed by atoms with Gasteiger partial charge in [-0.15, -0.1) is 0 Å². The summed E-state index contributed by atoms with van der Waals surface area (Å²) >= 11 is 0. The predicted octanol–water partition coefficient (Wildman–Crippen LogP) is 3.68. The van der Waals surface area contributed by atoms with Gasteiger partial charge in [0.05, 0.1) is 6.26 Å². The number of aryl methyl sites for hydroxylation is 1. The standard InChI is InChI=1S/C14H17O/c1-2-3-4-6-12-8-9-14-13(11-12)7-5-10-15-14/h5,8-11H,1-4,6-7H2. The van der Waals surface area contributed by atoms with E-state index in [1.165, 1.54) is 24.0 Å². The summed E-state index contributed by atoms with van der Waals surface area (Å²) in [5.41, 5.74) is 2.73. The minimum absolute atomic E-state index is 0.999. The van der Waals surface area contributed by atoms with Gasteiger partial charge in [0.15, 0.2) is 0 Å². The number of unbranched alkanes of at least 4 members (excludes halogenated alkanes) is 2. The molecule has 0 aliphatic carbocycles. The molecular weight excluding hydrogens is 184 g/mol. The van der Waals surface area contributed by atoms with E-state index in [1.54, 1.807) is 6.26 Å². The van der Waals surface area contributed by atoms with Crippen molar-refractivity contribution >= 4 is 0 Å². The molecule has 2 rings (SSSR count). The summed E-state index contributed by atoms with van der Waals surface area (Å²) < 4.78 is 5.41. The van der Waals surface area contributed by atoms with Crippen LogP contribution in [0.4, 0.5) is 0 Å². The van der Waals surface area contributed by atoms with E-state index in [1.807, 2.05) is 0 Å². The van der Waals surface area contributed by atoms with Gasteiger partial charge < -0.3 is 4.74 Å². The summed E-state index contributed by atoms with van der Waals surface area (Å²) in [5.74, 6) is 1.01. The van der Waals surface area contributed by atoms with E-state index in [-0.39, 0.29) is 0 Å². The van der Waals surface area contributed by atoms with E-state index in [2.05, 4.69) is 31.2 Å². The van der Waals surface area contributed by atoms with Crippen LogP contribution in [0.1, 0.15) is 30.4 Å². The fourth-order valence-electron chi connectivity index (χ4n) is 1.87. The molecule has 0 amide bonds. The third-order valence-electron chi connectivity index (χ3n) is 2.72. The van der Waals surface area contributed by atoms with Gasteiger partial charge in [-0.25, -0.2) is 0 Å². The first-order chi connectivity index (χ1) is 7.40. The van der Waals surface area contributed by atoms with Crippen LogP contribution in [0, 0.1) is 6.92 Å². The van der Waals surface area contributed by atoms with Crippen molar-refractivity contribution in [3.05, 3.63) is 48.6 Å². The molecule has 0 saturated heterocycles. The number of rotatable bonds is 4. The molecule has 0 N–H and O–H groups in total. The lowest BCUT2D eigenvalue weighted by atomic mass is 10.0. The number of fused-ring (bicyclic) bond motifs is 1. The van der Waals surface area contributed by atoms with Crippen molar-refractivity contribution in [2.24, 2.45) is 0 Å². The molecule has 1 aliphatic heterocycles. The highest BCUT2D eigenvalue weighted by Gasteiger charge is 2.06. The maximum absolute atomic E-state index is 5.41. The Morgan fingerprint density at radius 1 is 1.27 bits per heavy atom. The smallest absolute Gasteiger partial charge is 0.130 e. The fourth-order valence-corrected chi connectivity index (χ4v) is 1.87. The van der Waals surface area contributed by atoms with Gasteiger partial charge in [-0.05, 0) is 42.5 Å². The van der Waals surface area contributed by atoms with E-state index in [0.29, 0.717) is 0 Å². The van der Waals surface area contributed by atoms with Crippen molar-refractivity contribution in [3.63, 3.8) is 0 Å². The highest BCUT2D eigenvalue weighted by Crippen LogP contribution is 2.25. The highest BCUT2D eigenvalue weighted by atomic mass is 16.5. The lowest BCUT2D eigenvalue weighted by Gasteiger charge is -2.12. The first kappa shape index (κ1) is 10.3. The number of allylic oxidation sites excluding steroid dienone is 1. The van der Waals surface area contributed by atoms with Crippen LogP contribution < -0.4 is 4.74 Å². The van der Waals surface area contributed by atoms with Crippen LogP contribution in [-0.2, 0) is 12.8 Å². The maximum atomic E-state index is 5.41. The largest absolute Gasteiger partial charge is 0.465 e. The fraction of sp³-hybridized carbons (Fsp3) is 0.357. The summed E-state index contributed by atoms with van der Waals surface area (Å²) in [6.45, 7) is 3.86. The van der Waals surface area contributed by atoms with Crippen LogP contribution in [0.15, 0.2) is 30.5 Å². The molecular formula is C14H17O. The third kappa shape index (κ3) is 2.62. The first-order valence-electron chi connectivity index (χ1n) is 5.63. The van der Waals surface area contributed by atoms with E-state index in [4.69, 9.17) is 4.74 Å². The second kappa shape index (κ2) is 5.01. The van der Waals surface area contributed by atoms with Crippen LogP contribution in [0.25, 0.3) is 0 Å². The Morgan fingerprint density at radius 2 is 2.20 bits per heavy atom. The first-order valence-corrected chi connectivity index (χ1v) is 5.63. The molecule has 15 heavy (non-hydrogen) atoms. The van der Waals surface area contributed by atoms with Crippen LogP contribution in [0.5, 0.6) is 5.75 Å². The summed E-state index contributed by atoms with van der Waals surface area (Å²) in [7, 11) is 0. The topological polar surface area (TPSA) is 9.23 Å².